The monoisotopic (exact) mass is 425 g/mol. The van der Waals surface area contributed by atoms with Gasteiger partial charge in [0, 0.05) is 24.2 Å². The third-order valence-electron chi connectivity index (χ3n) is 5.18. The molecule has 0 radical (unpaired) electrons. The largest absolute Gasteiger partial charge is 0.493 e. The Hall–Kier alpha value is -3.55. The fraction of sp³-hybridized carbons (Fsp3) is 0.348. The van der Waals surface area contributed by atoms with E-state index in [-0.39, 0.29) is 18.9 Å². The van der Waals surface area contributed by atoms with Gasteiger partial charge in [0.05, 0.1) is 19.6 Å². The highest BCUT2D eigenvalue weighted by Gasteiger charge is 2.35. The average molecular weight is 425 g/mol. The van der Waals surface area contributed by atoms with E-state index in [1.165, 1.54) is 18.7 Å². The van der Waals surface area contributed by atoms with Crippen LogP contribution in [0.3, 0.4) is 0 Å². The van der Waals surface area contributed by atoms with E-state index >= 15 is 0 Å². The van der Waals surface area contributed by atoms with Crippen LogP contribution in [0.4, 0.5) is 5.69 Å². The van der Waals surface area contributed by atoms with Crippen molar-refractivity contribution in [3.8, 4) is 11.5 Å². The Balaban J connectivity index is 1.58. The molecule has 1 atom stereocenters. The lowest BCUT2D eigenvalue weighted by Crippen LogP contribution is -2.45. The minimum atomic E-state index is -0.548. The lowest BCUT2D eigenvalue weighted by atomic mass is 10.1. The summed E-state index contributed by atoms with van der Waals surface area (Å²) >= 11 is 0. The summed E-state index contributed by atoms with van der Waals surface area (Å²) in [5, 5.41) is 0. The molecule has 1 aliphatic rings. The van der Waals surface area contributed by atoms with Crippen LogP contribution < -0.4 is 25.2 Å². The minimum absolute atomic E-state index is 0.0914. The fourth-order valence-electron chi connectivity index (χ4n) is 3.42. The SMILES string of the molecule is CCOc1ccc(C(=O)NNC(=O)[C@@H]2CC(=O)N(c3ccc(CC)cc3)C2)cc1OC. The topological polar surface area (TPSA) is 97.0 Å². The number of hydrogen-bond acceptors (Lipinski definition) is 5. The number of aryl methyl sites for hydroxylation is 1. The van der Waals surface area contributed by atoms with Crippen molar-refractivity contribution in [3.05, 3.63) is 53.6 Å². The van der Waals surface area contributed by atoms with Crippen LogP contribution in [0.2, 0.25) is 0 Å². The zero-order valence-corrected chi connectivity index (χ0v) is 17.9. The number of benzene rings is 2. The van der Waals surface area contributed by atoms with E-state index in [9.17, 15) is 14.4 Å². The van der Waals surface area contributed by atoms with Crippen LogP contribution >= 0.6 is 0 Å². The molecule has 0 aromatic heterocycles. The predicted octanol–water partition coefficient (Wildman–Crippen LogP) is 2.47. The summed E-state index contributed by atoms with van der Waals surface area (Å²) in [4.78, 5) is 38.9. The zero-order valence-electron chi connectivity index (χ0n) is 17.9. The molecular formula is C23H27N3O5. The Morgan fingerprint density at radius 2 is 1.81 bits per heavy atom. The molecule has 1 heterocycles. The molecule has 0 unspecified atom stereocenters. The van der Waals surface area contributed by atoms with Gasteiger partial charge in [-0.2, -0.15) is 0 Å². The van der Waals surface area contributed by atoms with Gasteiger partial charge in [0.1, 0.15) is 0 Å². The summed E-state index contributed by atoms with van der Waals surface area (Å²) < 4.78 is 10.7. The molecule has 0 aliphatic carbocycles. The summed E-state index contributed by atoms with van der Waals surface area (Å²) in [6, 6.07) is 12.5. The molecule has 0 saturated carbocycles. The van der Waals surface area contributed by atoms with E-state index in [2.05, 4.69) is 17.8 Å². The normalized spacial score (nSPS) is 15.5. The van der Waals surface area contributed by atoms with Crippen molar-refractivity contribution in [3.63, 3.8) is 0 Å². The molecule has 31 heavy (non-hydrogen) atoms. The molecule has 1 fully saturated rings. The Morgan fingerprint density at radius 3 is 2.45 bits per heavy atom. The van der Waals surface area contributed by atoms with Crippen molar-refractivity contribution in [2.75, 3.05) is 25.2 Å². The van der Waals surface area contributed by atoms with E-state index in [0.29, 0.717) is 23.7 Å². The molecule has 0 bridgehead atoms. The van der Waals surface area contributed by atoms with E-state index in [4.69, 9.17) is 9.47 Å². The van der Waals surface area contributed by atoms with E-state index in [1.807, 2.05) is 31.2 Å². The number of ether oxygens (including phenoxy) is 2. The van der Waals surface area contributed by atoms with Crippen molar-refractivity contribution in [2.45, 2.75) is 26.7 Å². The number of anilines is 1. The van der Waals surface area contributed by atoms with Crippen LogP contribution in [0, 0.1) is 5.92 Å². The summed E-state index contributed by atoms with van der Waals surface area (Å²) in [7, 11) is 1.49. The Labute approximate surface area is 181 Å². The Bertz CT molecular complexity index is 958. The molecule has 2 N–H and O–H groups in total. The zero-order chi connectivity index (χ0) is 22.4. The number of nitrogens with one attached hydrogen (secondary N) is 2. The van der Waals surface area contributed by atoms with Crippen molar-refractivity contribution in [2.24, 2.45) is 5.92 Å². The van der Waals surface area contributed by atoms with Gasteiger partial charge in [-0.25, -0.2) is 0 Å². The molecule has 0 spiro atoms. The van der Waals surface area contributed by atoms with Crippen molar-refractivity contribution in [1.82, 2.24) is 10.9 Å². The van der Waals surface area contributed by atoms with Crippen LogP contribution in [0.25, 0.3) is 0 Å². The third kappa shape index (κ3) is 5.14. The predicted molar refractivity (Wildman–Crippen MR) is 116 cm³/mol. The first-order valence-electron chi connectivity index (χ1n) is 10.3. The summed E-state index contributed by atoms with van der Waals surface area (Å²) in [6.07, 6.45) is 1.01. The lowest BCUT2D eigenvalue weighted by molar-refractivity contribution is -0.126. The first-order valence-corrected chi connectivity index (χ1v) is 10.3. The average Bonchev–Trinajstić information content (AvgIpc) is 3.19. The second-order valence-corrected chi connectivity index (χ2v) is 7.17. The highest BCUT2D eigenvalue weighted by molar-refractivity contribution is 6.01. The summed E-state index contributed by atoms with van der Waals surface area (Å²) in [5.41, 5.74) is 7.07. The maximum Gasteiger partial charge on any atom is 0.269 e. The molecule has 3 amide bonds. The summed E-state index contributed by atoms with van der Waals surface area (Å²) in [6.45, 7) is 4.65. The molecule has 1 aliphatic heterocycles. The van der Waals surface area contributed by atoms with Crippen LogP contribution in [-0.2, 0) is 16.0 Å². The van der Waals surface area contributed by atoms with Crippen molar-refractivity contribution >= 4 is 23.4 Å². The maximum atomic E-state index is 12.5. The second kappa shape index (κ2) is 9.97. The number of hydrogen-bond donors (Lipinski definition) is 2. The van der Waals surface area contributed by atoms with Gasteiger partial charge < -0.3 is 14.4 Å². The first kappa shape index (κ1) is 22.1. The highest BCUT2D eigenvalue weighted by Crippen LogP contribution is 2.28. The number of amides is 3. The van der Waals surface area contributed by atoms with Gasteiger partial charge in [0.2, 0.25) is 11.8 Å². The Kier molecular flexibility index (Phi) is 7.12. The Morgan fingerprint density at radius 1 is 1.06 bits per heavy atom. The van der Waals surface area contributed by atoms with Gasteiger partial charge in [-0.3, -0.25) is 25.2 Å². The van der Waals surface area contributed by atoms with Crippen LogP contribution in [0.15, 0.2) is 42.5 Å². The molecule has 2 aromatic carbocycles. The van der Waals surface area contributed by atoms with Crippen LogP contribution in [0.5, 0.6) is 11.5 Å². The van der Waals surface area contributed by atoms with Gasteiger partial charge in [0.25, 0.3) is 5.91 Å². The number of rotatable bonds is 7. The van der Waals surface area contributed by atoms with Crippen molar-refractivity contribution in [1.29, 1.82) is 0 Å². The van der Waals surface area contributed by atoms with Crippen molar-refractivity contribution < 1.29 is 23.9 Å². The van der Waals surface area contributed by atoms with E-state index in [0.717, 1.165) is 12.1 Å². The van der Waals surface area contributed by atoms with E-state index in [1.54, 1.807) is 17.0 Å². The smallest absolute Gasteiger partial charge is 0.269 e. The standard InChI is InChI=1S/C23H27N3O5/c1-4-15-6-9-18(10-7-15)26-14-17(13-21(26)27)23(29)25-24-22(28)16-8-11-19(31-5-2)20(12-16)30-3/h6-12,17H,4-5,13-14H2,1-3H3,(H,24,28)(H,25,29)/t17-/m1/s1. The maximum absolute atomic E-state index is 12.5. The molecule has 1 saturated heterocycles. The van der Waals surface area contributed by atoms with Gasteiger partial charge >= 0.3 is 0 Å². The quantitative estimate of drug-likeness (QED) is 0.665. The lowest BCUT2D eigenvalue weighted by Gasteiger charge is -2.17. The summed E-state index contributed by atoms with van der Waals surface area (Å²) in [5.74, 6) is -0.618. The molecule has 8 heteroatoms. The molecular weight excluding hydrogens is 398 g/mol. The number of carbonyl (C=O) groups is 3. The van der Waals surface area contributed by atoms with Gasteiger partial charge in [-0.05, 0) is 49.2 Å². The number of nitrogens with zero attached hydrogens (tertiary/aromatic N) is 1. The van der Waals surface area contributed by atoms with Gasteiger partial charge in [0.15, 0.2) is 11.5 Å². The highest BCUT2D eigenvalue weighted by atomic mass is 16.5. The first-order chi connectivity index (χ1) is 15.0. The molecule has 3 rings (SSSR count). The number of hydrazine groups is 1. The third-order valence-corrected chi connectivity index (χ3v) is 5.18. The number of carbonyl (C=O) groups excluding carboxylic acids is 3. The number of methoxy groups -OCH3 is 1. The van der Waals surface area contributed by atoms with Gasteiger partial charge in [-0.1, -0.05) is 19.1 Å². The minimum Gasteiger partial charge on any atom is -0.493 e. The fourth-order valence-corrected chi connectivity index (χ4v) is 3.42. The van der Waals surface area contributed by atoms with E-state index < -0.39 is 17.7 Å². The van der Waals surface area contributed by atoms with Crippen LogP contribution in [0.1, 0.15) is 36.2 Å². The molecule has 164 valence electrons. The molecule has 2 aromatic rings. The second-order valence-electron chi connectivity index (χ2n) is 7.17. The van der Waals surface area contributed by atoms with Crippen LogP contribution in [-0.4, -0.2) is 38.0 Å². The molecule has 8 nitrogen and oxygen atoms in total. The van der Waals surface area contributed by atoms with Gasteiger partial charge in [-0.15, -0.1) is 0 Å².